The van der Waals surface area contributed by atoms with Crippen LogP contribution in [0.5, 0.6) is 5.75 Å². The molecule has 0 aliphatic carbocycles. The molecular formula is C15H16O5. The van der Waals surface area contributed by atoms with Crippen LogP contribution >= 0.6 is 0 Å². The molecule has 1 aromatic carbocycles. The van der Waals surface area contributed by atoms with Crippen LogP contribution in [0.25, 0.3) is 11.0 Å². The lowest BCUT2D eigenvalue weighted by Gasteiger charge is -2.06. The Balaban J connectivity index is 2.27. The minimum atomic E-state index is -0.831. The second kappa shape index (κ2) is 5.77. The number of rotatable bonds is 5. The number of benzene rings is 1. The molecule has 5 heteroatoms. The normalized spacial score (nSPS) is 10.8. The highest BCUT2D eigenvalue weighted by molar-refractivity contribution is 5.78. The number of aliphatic carboxylic acids is 1. The third-order valence-corrected chi connectivity index (χ3v) is 3.24. The summed E-state index contributed by atoms with van der Waals surface area (Å²) in [6, 6.07) is 4.40. The Morgan fingerprint density at radius 1 is 1.30 bits per heavy atom. The van der Waals surface area contributed by atoms with Crippen molar-refractivity contribution in [1.29, 1.82) is 0 Å². The smallest absolute Gasteiger partial charge is 0.303 e. The number of carboxylic acids is 1. The van der Waals surface area contributed by atoms with Crippen molar-refractivity contribution in [1.82, 2.24) is 0 Å². The minimum absolute atomic E-state index is 0.0502. The number of phenols is 1. The van der Waals surface area contributed by atoms with Gasteiger partial charge in [-0.05, 0) is 38.3 Å². The molecule has 0 aliphatic heterocycles. The van der Waals surface area contributed by atoms with Gasteiger partial charge in [0.05, 0.1) is 5.39 Å². The molecule has 0 amide bonds. The van der Waals surface area contributed by atoms with E-state index in [9.17, 15) is 14.7 Å². The lowest BCUT2D eigenvalue weighted by atomic mass is 10.0. The largest absolute Gasteiger partial charge is 0.508 e. The summed E-state index contributed by atoms with van der Waals surface area (Å²) in [7, 11) is 0. The molecule has 2 aromatic rings. The van der Waals surface area contributed by atoms with Gasteiger partial charge in [-0.1, -0.05) is 0 Å². The van der Waals surface area contributed by atoms with E-state index in [2.05, 4.69) is 0 Å². The van der Waals surface area contributed by atoms with E-state index in [1.807, 2.05) is 0 Å². The van der Waals surface area contributed by atoms with Gasteiger partial charge >= 0.3 is 5.97 Å². The molecular weight excluding hydrogens is 260 g/mol. The minimum Gasteiger partial charge on any atom is -0.508 e. The summed E-state index contributed by atoms with van der Waals surface area (Å²) in [4.78, 5) is 22.8. The Labute approximate surface area is 115 Å². The summed E-state index contributed by atoms with van der Waals surface area (Å²) < 4.78 is 5.56. The van der Waals surface area contributed by atoms with E-state index in [1.165, 1.54) is 18.2 Å². The Kier molecular flexibility index (Phi) is 4.08. The average Bonchev–Trinajstić information content (AvgIpc) is 2.36. The third-order valence-electron chi connectivity index (χ3n) is 3.24. The van der Waals surface area contributed by atoms with Crippen LogP contribution in [0.1, 0.15) is 30.6 Å². The number of hydrogen-bond donors (Lipinski definition) is 2. The maximum Gasteiger partial charge on any atom is 0.303 e. The maximum atomic E-state index is 12.3. The van der Waals surface area contributed by atoms with Crippen molar-refractivity contribution in [3.63, 3.8) is 0 Å². The van der Waals surface area contributed by atoms with Gasteiger partial charge in [0, 0.05) is 18.1 Å². The van der Waals surface area contributed by atoms with E-state index in [0.717, 1.165) is 0 Å². The second-order valence-corrected chi connectivity index (χ2v) is 4.75. The molecule has 0 bridgehead atoms. The zero-order chi connectivity index (χ0) is 14.7. The van der Waals surface area contributed by atoms with E-state index in [4.69, 9.17) is 9.52 Å². The Morgan fingerprint density at radius 2 is 2.05 bits per heavy atom. The number of carboxylic acid groups (broad SMARTS) is 1. The van der Waals surface area contributed by atoms with Gasteiger partial charge in [-0.15, -0.1) is 0 Å². The maximum absolute atomic E-state index is 12.3. The first-order valence-electron chi connectivity index (χ1n) is 6.46. The van der Waals surface area contributed by atoms with E-state index < -0.39 is 5.97 Å². The fourth-order valence-electron chi connectivity index (χ4n) is 2.20. The van der Waals surface area contributed by atoms with Crippen LogP contribution in [0.4, 0.5) is 0 Å². The van der Waals surface area contributed by atoms with Gasteiger partial charge in [-0.3, -0.25) is 9.59 Å². The Bertz CT molecular complexity index is 699. The number of carbonyl (C=O) groups is 1. The number of phenolic OH excluding ortho intramolecular Hbond substituents is 1. The molecule has 1 heterocycles. The molecule has 0 unspecified atom stereocenters. The van der Waals surface area contributed by atoms with Crippen LogP contribution in [0.3, 0.4) is 0 Å². The summed E-state index contributed by atoms with van der Waals surface area (Å²) in [6.07, 6.45) is 1.76. The molecule has 0 saturated heterocycles. The lowest BCUT2D eigenvalue weighted by Crippen LogP contribution is -2.11. The molecule has 0 fully saturated rings. The summed E-state index contributed by atoms with van der Waals surface area (Å²) in [6.45, 7) is 1.71. The van der Waals surface area contributed by atoms with Crippen LogP contribution in [-0.4, -0.2) is 16.2 Å². The zero-order valence-electron chi connectivity index (χ0n) is 11.2. The quantitative estimate of drug-likeness (QED) is 0.819. The molecule has 1 aromatic heterocycles. The van der Waals surface area contributed by atoms with Gasteiger partial charge in [0.25, 0.3) is 0 Å². The predicted octanol–water partition coefficient (Wildman–Crippen LogP) is 2.60. The fraction of sp³-hybridized carbons (Fsp3) is 0.333. The molecule has 5 nitrogen and oxygen atoms in total. The first-order valence-corrected chi connectivity index (χ1v) is 6.46. The standard InChI is InChI=1S/C15H16O5/c1-9-11(4-2-3-5-14(17)18)15(19)12-7-6-10(16)8-13(12)20-9/h6-8,16H,2-5H2,1H3,(H,17,18). The molecule has 0 radical (unpaired) electrons. The van der Waals surface area contributed by atoms with E-state index in [0.29, 0.717) is 41.6 Å². The SMILES string of the molecule is Cc1oc2cc(O)ccc2c(=O)c1CCCCC(=O)O. The van der Waals surface area contributed by atoms with Crippen molar-refractivity contribution >= 4 is 16.9 Å². The van der Waals surface area contributed by atoms with Crippen molar-refractivity contribution < 1.29 is 19.4 Å². The summed E-state index contributed by atoms with van der Waals surface area (Å²) in [5.74, 6) is -0.263. The number of aryl methyl sites for hydroxylation is 1. The summed E-state index contributed by atoms with van der Waals surface area (Å²) in [5, 5.41) is 18.4. The molecule has 20 heavy (non-hydrogen) atoms. The molecule has 0 atom stereocenters. The van der Waals surface area contributed by atoms with E-state index in [-0.39, 0.29) is 17.6 Å². The third kappa shape index (κ3) is 2.99. The number of aromatic hydroxyl groups is 1. The predicted molar refractivity (Wildman–Crippen MR) is 74.1 cm³/mol. The van der Waals surface area contributed by atoms with Crippen LogP contribution in [0.2, 0.25) is 0 Å². The summed E-state index contributed by atoms with van der Waals surface area (Å²) >= 11 is 0. The first kappa shape index (κ1) is 14.1. The Hall–Kier alpha value is -2.30. The highest BCUT2D eigenvalue weighted by Gasteiger charge is 2.11. The molecule has 106 valence electrons. The van der Waals surface area contributed by atoms with Gasteiger partial charge in [-0.25, -0.2) is 0 Å². The monoisotopic (exact) mass is 276 g/mol. The van der Waals surface area contributed by atoms with Crippen LogP contribution in [0.15, 0.2) is 27.4 Å². The van der Waals surface area contributed by atoms with Gasteiger partial charge < -0.3 is 14.6 Å². The van der Waals surface area contributed by atoms with E-state index >= 15 is 0 Å². The van der Waals surface area contributed by atoms with Crippen molar-refractivity contribution in [2.75, 3.05) is 0 Å². The highest BCUT2D eigenvalue weighted by Crippen LogP contribution is 2.20. The molecule has 0 saturated carbocycles. The highest BCUT2D eigenvalue weighted by atomic mass is 16.4. The zero-order valence-corrected chi connectivity index (χ0v) is 11.2. The van der Waals surface area contributed by atoms with Gasteiger partial charge in [0.1, 0.15) is 17.1 Å². The van der Waals surface area contributed by atoms with Crippen LogP contribution < -0.4 is 5.43 Å². The number of fused-ring (bicyclic) bond motifs is 1. The molecule has 2 N–H and O–H groups in total. The van der Waals surface area contributed by atoms with Crippen molar-refractivity contribution in [3.8, 4) is 5.75 Å². The van der Waals surface area contributed by atoms with Crippen LogP contribution in [-0.2, 0) is 11.2 Å². The second-order valence-electron chi connectivity index (χ2n) is 4.75. The molecule has 2 rings (SSSR count). The lowest BCUT2D eigenvalue weighted by molar-refractivity contribution is -0.137. The summed E-state index contributed by atoms with van der Waals surface area (Å²) in [5.41, 5.74) is 0.828. The molecule has 0 aliphatic rings. The topological polar surface area (TPSA) is 87.7 Å². The molecule has 0 spiro atoms. The van der Waals surface area contributed by atoms with Crippen molar-refractivity contribution in [2.45, 2.75) is 32.6 Å². The van der Waals surface area contributed by atoms with E-state index in [1.54, 1.807) is 6.92 Å². The number of unbranched alkanes of at least 4 members (excludes halogenated alkanes) is 1. The average molecular weight is 276 g/mol. The van der Waals surface area contributed by atoms with Crippen molar-refractivity contribution in [3.05, 3.63) is 39.7 Å². The number of hydrogen-bond acceptors (Lipinski definition) is 4. The van der Waals surface area contributed by atoms with Crippen molar-refractivity contribution in [2.24, 2.45) is 0 Å². The first-order chi connectivity index (χ1) is 9.49. The van der Waals surface area contributed by atoms with Gasteiger partial charge in [0.15, 0.2) is 5.43 Å². The van der Waals surface area contributed by atoms with Crippen LogP contribution in [0, 0.1) is 6.92 Å². The van der Waals surface area contributed by atoms with Gasteiger partial charge in [-0.2, -0.15) is 0 Å². The fourth-order valence-corrected chi connectivity index (χ4v) is 2.20. The van der Waals surface area contributed by atoms with Gasteiger partial charge in [0.2, 0.25) is 0 Å². The Morgan fingerprint density at radius 3 is 2.75 bits per heavy atom.